The lowest BCUT2D eigenvalue weighted by Gasteiger charge is -2.08. The Balaban J connectivity index is 3.04. The molecule has 17 heavy (non-hydrogen) atoms. The molecule has 1 rings (SSSR count). The largest absolute Gasteiger partial charge is 0.481 e. The van der Waals surface area contributed by atoms with E-state index < -0.39 is 40.2 Å². The molecule has 0 aliphatic carbocycles. The Morgan fingerprint density at radius 1 is 1.29 bits per heavy atom. The molecule has 0 bridgehead atoms. The molecule has 0 saturated carbocycles. The van der Waals surface area contributed by atoms with Crippen LogP contribution in [0.1, 0.15) is 16.8 Å². The van der Waals surface area contributed by atoms with Gasteiger partial charge in [0.25, 0.3) is 0 Å². The average Bonchev–Trinajstić information content (AvgIpc) is 2.21. The summed E-state index contributed by atoms with van der Waals surface area (Å²) in [5, 5.41) is 8.49. The number of hydrogen-bond acceptors (Lipinski definition) is 2. The van der Waals surface area contributed by atoms with Crippen LogP contribution in [0.15, 0.2) is 16.6 Å². The highest BCUT2D eigenvalue weighted by atomic mass is 79.9. The summed E-state index contributed by atoms with van der Waals surface area (Å²) in [6, 6.07) is 1.56. The minimum atomic E-state index is -1.21. The van der Waals surface area contributed by atoms with E-state index >= 15 is 0 Å². The first-order valence-electron chi connectivity index (χ1n) is 4.37. The normalized spacial score (nSPS) is 12.2. The highest BCUT2D eigenvalue weighted by Gasteiger charge is 2.23. The second kappa shape index (κ2) is 5.68. The van der Waals surface area contributed by atoms with Crippen LogP contribution in [-0.2, 0) is 4.79 Å². The number of hydrogen-bond donors (Lipinski definition) is 1. The van der Waals surface area contributed by atoms with Crippen molar-refractivity contribution in [2.75, 3.05) is 0 Å². The van der Waals surface area contributed by atoms with Crippen LogP contribution in [0.5, 0.6) is 0 Å². The Hall–Kier alpha value is -0.820. The number of alkyl halides is 1. The fourth-order valence-corrected chi connectivity index (χ4v) is 1.97. The van der Waals surface area contributed by atoms with Crippen LogP contribution < -0.4 is 0 Å². The maximum absolute atomic E-state index is 13.4. The lowest BCUT2D eigenvalue weighted by Crippen LogP contribution is -2.19. The molecule has 1 N–H and O–H groups in total. The lowest BCUT2D eigenvalue weighted by atomic mass is 10.1. The maximum Gasteiger partial charge on any atom is 0.304 e. The van der Waals surface area contributed by atoms with Gasteiger partial charge in [-0.2, -0.15) is 0 Å². The smallest absolute Gasteiger partial charge is 0.304 e. The van der Waals surface area contributed by atoms with E-state index in [-0.39, 0.29) is 4.47 Å². The van der Waals surface area contributed by atoms with Crippen molar-refractivity contribution in [2.24, 2.45) is 0 Å². The van der Waals surface area contributed by atoms with Gasteiger partial charge in [-0.1, -0.05) is 15.9 Å². The number of carboxylic acids is 1. The molecule has 1 aromatic carbocycles. The summed E-state index contributed by atoms with van der Waals surface area (Å²) in [7, 11) is 0. The van der Waals surface area contributed by atoms with Crippen LogP contribution in [0.25, 0.3) is 0 Å². The van der Waals surface area contributed by atoms with Crippen molar-refractivity contribution in [3.63, 3.8) is 0 Å². The van der Waals surface area contributed by atoms with Crippen molar-refractivity contribution < 1.29 is 23.5 Å². The van der Waals surface area contributed by atoms with Gasteiger partial charge in [-0.05, 0) is 28.1 Å². The molecule has 0 fully saturated rings. The monoisotopic (exact) mass is 370 g/mol. The molecular weight excluding hydrogens is 366 g/mol. The first-order chi connectivity index (χ1) is 7.82. The van der Waals surface area contributed by atoms with E-state index in [1.165, 1.54) is 0 Å². The van der Waals surface area contributed by atoms with Gasteiger partial charge in [0.2, 0.25) is 0 Å². The summed E-state index contributed by atoms with van der Waals surface area (Å²) in [6.07, 6.45) is -0.504. The molecule has 1 unspecified atom stereocenters. The summed E-state index contributed by atoms with van der Waals surface area (Å²) >= 11 is 5.60. The molecule has 0 aliphatic heterocycles. The molecule has 0 saturated heterocycles. The summed E-state index contributed by atoms with van der Waals surface area (Å²) in [5.41, 5.74) is -0.478. The topological polar surface area (TPSA) is 54.4 Å². The van der Waals surface area contributed by atoms with Crippen molar-refractivity contribution >= 4 is 43.6 Å². The van der Waals surface area contributed by atoms with Crippen LogP contribution in [0.4, 0.5) is 8.78 Å². The van der Waals surface area contributed by atoms with E-state index in [9.17, 15) is 18.4 Å². The molecule has 1 atom stereocenters. The number of carbonyl (C=O) groups is 2. The van der Waals surface area contributed by atoms with Gasteiger partial charge in [-0.15, -0.1) is 0 Å². The van der Waals surface area contributed by atoms with Gasteiger partial charge < -0.3 is 5.11 Å². The highest BCUT2D eigenvalue weighted by Crippen LogP contribution is 2.23. The zero-order valence-electron chi connectivity index (χ0n) is 8.21. The Bertz CT molecular complexity index is 477. The number of halogens is 4. The van der Waals surface area contributed by atoms with Crippen LogP contribution in [0.2, 0.25) is 0 Å². The second-order valence-electron chi connectivity index (χ2n) is 3.18. The summed E-state index contributed by atoms with van der Waals surface area (Å²) in [4.78, 5) is 20.9. The van der Waals surface area contributed by atoms with Gasteiger partial charge in [0.15, 0.2) is 5.78 Å². The predicted octanol–water partition coefficient (Wildman–Crippen LogP) is 3.15. The summed E-state index contributed by atoms with van der Waals surface area (Å²) in [5.74, 6) is -3.71. The molecule has 0 spiro atoms. The van der Waals surface area contributed by atoms with E-state index in [0.717, 1.165) is 12.1 Å². The number of aliphatic carboxylic acids is 1. The van der Waals surface area contributed by atoms with Crippen LogP contribution in [0, 0.1) is 11.6 Å². The van der Waals surface area contributed by atoms with Gasteiger partial charge in [0.05, 0.1) is 21.3 Å². The molecule has 92 valence electrons. The summed E-state index contributed by atoms with van der Waals surface area (Å²) in [6.45, 7) is 0. The minimum Gasteiger partial charge on any atom is -0.481 e. The predicted molar refractivity (Wildman–Crippen MR) is 63.4 cm³/mol. The maximum atomic E-state index is 13.4. The lowest BCUT2D eigenvalue weighted by molar-refractivity contribution is -0.136. The first-order valence-corrected chi connectivity index (χ1v) is 6.08. The Labute approximate surface area is 112 Å². The minimum absolute atomic E-state index is 0.101. The van der Waals surface area contributed by atoms with E-state index in [4.69, 9.17) is 5.11 Å². The Morgan fingerprint density at radius 3 is 2.41 bits per heavy atom. The number of benzene rings is 1. The third-order valence-electron chi connectivity index (χ3n) is 1.91. The van der Waals surface area contributed by atoms with Crippen LogP contribution in [-0.4, -0.2) is 21.7 Å². The molecule has 0 amide bonds. The van der Waals surface area contributed by atoms with Crippen molar-refractivity contribution in [1.82, 2.24) is 0 Å². The molecule has 3 nitrogen and oxygen atoms in total. The third-order valence-corrected chi connectivity index (χ3v) is 3.26. The molecule has 1 aromatic rings. The first kappa shape index (κ1) is 14.2. The average molecular weight is 372 g/mol. The van der Waals surface area contributed by atoms with Crippen molar-refractivity contribution in [1.29, 1.82) is 0 Å². The van der Waals surface area contributed by atoms with E-state index in [0.29, 0.717) is 0 Å². The summed E-state index contributed by atoms with van der Waals surface area (Å²) < 4.78 is 26.4. The molecule has 7 heteroatoms. The number of rotatable bonds is 4. The zero-order chi connectivity index (χ0) is 13.2. The quantitative estimate of drug-likeness (QED) is 0.502. The number of carbonyl (C=O) groups excluding carboxylic acids is 1. The third kappa shape index (κ3) is 3.57. The van der Waals surface area contributed by atoms with Crippen molar-refractivity contribution in [3.8, 4) is 0 Å². The van der Waals surface area contributed by atoms with E-state index in [1.54, 1.807) is 0 Å². The molecule has 0 heterocycles. The zero-order valence-corrected chi connectivity index (χ0v) is 11.4. The molecule has 0 radical (unpaired) electrons. The SMILES string of the molecule is O=C(O)CC(Br)C(=O)c1cc(F)c(Br)cc1F. The Morgan fingerprint density at radius 2 is 1.88 bits per heavy atom. The van der Waals surface area contributed by atoms with Gasteiger partial charge in [0, 0.05) is 0 Å². The van der Waals surface area contributed by atoms with Crippen LogP contribution >= 0.6 is 31.9 Å². The van der Waals surface area contributed by atoms with Crippen molar-refractivity contribution in [2.45, 2.75) is 11.2 Å². The fourth-order valence-electron chi connectivity index (χ4n) is 1.13. The highest BCUT2D eigenvalue weighted by molar-refractivity contribution is 9.10. The Kier molecular flexibility index (Phi) is 4.76. The van der Waals surface area contributed by atoms with Gasteiger partial charge in [-0.25, -0.2) is 8.78 Å². The standard InChI is InChI=1S/C10H6Br2F2O3/c11-5-2-7(13)4(1-8(5)14)10(17)6(12)3-9(15)16/h1-2,6H,3H2,(H,15,16). The van der Waals surface area contributed by atoms with Crippen LogP contribution in [0.3, 0.4) is 0 Å². The fraction of sp³-hybridized carbons (Fsp3) is 0.200. The van der Waals surface area contributed by atoms with Gasteiger partial charge >= 0.3 is 5.97 Å². The number of carboxylic acid groups (broad SMARTS) is 1. The molecular formula is C10H6Br2F2O3. The van der Waals surface area contributed by atoms with E-state index in [2.05, 4.69) is 31.9 Å². The molecule has 0 aliphatic rings. The second-order valence-corrected chi connectivity index (χ2v) is 5.14. The number of ketones is 1. The molecule has 0 aromatic heterocycles. The van der Waals surface area contributed by atoms with Gasteiger partial charge in [0.1, 0.15) is 11.6 Å². The number of Topliss-reactive ketones (excluding diaryl/α,β-unsaturated/α-hetero) is 1. The van der Waals surface area contributed by atoms with Crippen molar-refractivity contribution in [3.05, 3.63) is 33.8 Å². The van der Waals surface area contributed by atoms with Gasteiger partial charge in [-0.3, -0.25) is 9.59 Å². The van der Waals surface area contributed by atoms with E-state index in [1.807, 2.05) is 0 Å².